The zero-order chi connectivity index (χ0) is 34.4. The summed E-state index contributed by atoms with van der Waals surface area (Å²) in [4.78, 5) is 52.2. The number of carbonyl (C=O) groups excluding carboxylic acids is 4. The van der Waals surface area contributed by atoms with Crippen molar-refractivity contribution in [1.29, 1.82) is 0 Å². The highest BCUT2D eigenvalue weighted by Gasteiger charge is 2.19. The largest absolute Gasteiger partial charge is 0.465 e. The van der Waals surface area contributed by atoms with Crippen molar-refractivity contribution >= 4 is 30.3 Å². The number of benzene rings is 1. The van der Waals surface area contributed by atoms with E-state index in [4.69, 9.17) is 15.2 Å². The maximum absolute atomic E-state index is 12.8. The molecule has 47 heavy (non-hydrogen) atoms. The lowest BCUT2D eigenvalue weighted by atomic mass is 9.94. The number of carbonyl (C=O) groups is 4. The number of nitrogens with one attached hydrogen (secondary N) is 3. The van der Waals surface area contributed by atoms with Gasteiger partial charge in [-0.1, -0.05) is 115 Å². The van der Waals surface area contributed by atoms with Crippen LogP contribution in [0.4, 0.5) is 4.79 Å². The number of unbranched alkanes of at least 4 members (excludes halogenated alkanes) is 11. The quantitative estimate of drug-likeness (QED) is 0.0284. The van der Waals surface area contributed by atoms with E-state index < -0.39 is 12.1 Å². The summed E-state index contributed by atoms with van der Waals surface area (Å²) in [5.74, 6) is -0.386. The second-order valence-corrected chi connectivity index (χ2v) is 12.0. The third-order valence-corrected chi connectivity index (χ3v) is 7.94. The Kier molecular flexibility index (Phi) is 25.4. The third-order valence-electron chi connectivity index (χ3n) is 7.94. The van der Waals surface area contributed by atoms with Crippen molar-refractivity contribution in [3.63, 3.8) is 0 Å². The predicted octanol–water partition coefficient (Wildman–Crippen LogP) is 6.29. The second-order valence-electron chi connectivity index (χ2n) is 12.0. The first-order valence-electron chi connectivity index (χ1n) is 17.8. The van der Waals surface area contributed by atoms with Crippen LogP contribution in [0, 0.1) is 5.92 Å². The number of rotatable bonds is 27. The molecule has 0 fully saturated rings. The van der Waals surface area contributed by atoms with E-state index >= 15 is 0 Å². The fraction of sp³-hybridized carbons (Fsp3) is 0.694. The average molecular weight is 660 g/mol. The topological polar surface area (TPSA) is 161 Å². The minimum absolute atomic E-state index is 0.0220. The Bertz CT molecular complexity index is 1010. The molecule has 0 heterocycles. The zero-order valence-electron chi connectivity index (χ0n) is 28.9. The van der Waals surface area contributed by atoms with Gasteiger partial charge in [0.2, 0.25) is 18.3 Å². The van der Waals surface area contributed by atoms with Crippen molar-refractivity contribution in [1.82, 2.24) is 16.0 Å². The molecule has 0 aliphatic heterocycles. The Labute approximate surface area is 282 Å². The highest BCUT2D eigenvalue weighted by molar-refractivity contribution is 5.98. The Morgan fingerprint density at radius 2 is 1.43 bits per heavy atom. The summed E-state index contributed by atoms with van der Waals surface area (Å²) in [6, 6.07) is 8.38. The van der Waals surface area contributed by atoms with Gasteiger partial charge >= 0.3 is 12.1 Å². The first kappa shape index (κ1) is 41.6. The molecular weight excluding hydrogens is 598 g/mol. The van der Waals surface area contributed by atoms with Crippen molar-refractivity contribution in [2.24, 2.45) is 16.6 Å². The van der Waals surface area contributed by atoms with Crippen molar-refractivity contribution in [3.8, 4) is 0 Å². The van der Waals surface area contributed by atoms with Gasteiger partial charge in [0.05, 0.1) is 18.6 Å². The van der Waals surface area contributed by atoms with Crippen LogP contribution in [0.2, 0.25) is 0 Å². The van der Waals surface area contributed by atoms with E-state index in [0.29, 0.717) is 19.6 Å². The van der Waals surface area contributed by atoms with Crippen molar-refractivity contribution in [2.45, 2.75) is 136 Å². The number of alkyl carbamates (subject to hydrolysis) is 1. The SMILES string of the molecule is CCCCCCCCC(CCCCCC)C(=O)OCCCCCCNC(=O)C(N)CCN=C(NC=O)NC(=O)OCc1ccccc1. The van der Waals surface area contributed by atoms with Gasteiger partial charge in [0.25, 0.3) is 0 Å². The molecule has 3 amide bonds. The Morgan fingerprint density at radius 1 is 0.809 bits per heavy atom. The van der Waals surface area contributed by atoms with Crippen LogP contribution in [0.3, 0.4) is 0 Å². The number of hydrogen-bond acceptors (Lipinski definition) is 8. The van der Waals surface area contributed by atoms with Gasteiger partial charge in [0, 0.05) is 13.1 Å². The van der Waals surface area contributed by atoms with Gasteiger partial charge < -0.3 is 20.5 Å². The number of esters is 1. The fourth-order valence-electron chi connectivity index (χ4n) is 5.06. The van der Waals surface area contributed by atoms with E-state index in [0.717, 1.165) is 56.9 Å². The zero-order valence-corrected chi connectivity index (χ0v) is 28.9. The molecule has 0 radical (unpaired) electrons. The highest BCUT2D eigenvalue weighted by atomic mass is 16.5. The lowest BCUT2D eigenvalue weighted by molar-refractivity contribution is -0.149. The maximum atomic E-state index is 12.8. The summed E-state index contributed by atoms with van der Waals surface area (Å²) in [7, 11) is 0. The van der Waals surface area contributed by atoms with E-state index in [1.54, 1.807) is 0 Å². The molecule has 0 bridgehead atoms. The minimum atomic E-state index is -0.785. The van der Waals surface area contributed by atoms with Gasteiger partial charge in [-0.05, 0) is 44.1 Å². The smallest absolute Gasteiger partial charge is 0.414 e. The van der Waals surface area contributed by atoms with Crippen LogP contribution in [0.5, 0.6) is 0 Å². The van der Waals surface area contributed by atoms with E-state index in [-0.39, 0.29) is 43.3 Å². The molecule has 1 aromatic carbocycles. The number of aliphatic imine (C=N–C) groups is 1. The van der Waals surface area contributed by atoms with Crippen LogP contribution >= 0.6 is 0 Å². The molecule has 1 rings (SSSR count). The summed E-state index contributed by atoms with van der Waals surface area (Å²) < 4.78 is 10.8. The number of nitrogens with two attached hydrogens (primary N) is 1. The van der Waals surface area contributed by atoms with Gasteiger partial charge in [-0.2, -0.15) is 0 Å². The van der Waals surface area contributed by atoms with Gasteiger partial charge in [-0.25, -0.2) is 4.79 Å². The summed E-state index contributed by atoms with van der Waals surface area (Å²) in [6.45, 7) is 5.55. The highest BCUT2D eigenvalue weighted by Crippen LogP contribution is 2.20. The van der Waals surface area contributed by atoms with Crippen LogP contribution in [0.25, 0.3) is 0 Å². The minimum Gasteiger partial charge on any atom is -0.465 e. The molecule has 0 saturated heterocycles. The number of amides is 3. The van der Waals surface area contributed by atoms with Crippen LogP contribution in [-0.4, -0.2) is 56.1 Å². The molecule has 0 aliphatic carbocycles. The van der Waals surface area contributed by atoms with E-state index in [1.807, 2.05) is 30.3 Å². The normalized spacial score (nSPS) is 12.5. The maximum Gasteiger partial charge on any atom is 0.414 e. The van der Waals surface area contributed by atoms with Crippen molar-refractivity contribution in [2.75, 3.05) is 19.7 Å². The van der Waals surface area contributed by atoms with E-state index in [2.05, 4.69) is 34.8 Å². The van der Waals surface area contributed by atoms with Crippen LogP contribution in [-0.2, 0) is 30.5 Å². The molecule has 0 aliphatic rings. The molecule has 2 unspecified atom stereocenters. The molecule has 0 spiro atoms. The molecular formula is C36H61N5O6. The van der Waals surface area contributed by atoms with Gasteiger partial charge in [0.15, 0.2) is 0 Å². The van der Waals surface area contributed by atoms with Crippen molar-refractivity contribution < 1.29 is 28.7 Å². The first-order chi connectivity index (χ1) is 22.9. The first-order valence-corrected chi connectivity index (χ1v) is 17.8. The fourth-order valence-corrected chi connectivity index (χ4v) is 5.06. The summed E-state index contributed by atoms with van der Waals surface area (Å²) in [5, 5.41) is 7.51. The molecule has 1 aromatic rings. The molecule has 0 saturated carbocycles. The summed E-state index contributed by atoms with van der Waals surface area (Å²) >= 11 is 0. The molecule has 266 valence electrons. The molecule has 11 heteroatoms. The van der Waals surface area contributed by atoms with Gasteiger partial charge in [0.1, 0.15) is 6.61 Å². The second kappa shape index (κ2) is 28.7. The van der Waals surface area contributed by atoms with Crippen molar-refractivity contribution in [3.05, 3.63) is 35.9 Å². The lowest BCUT2D eigenvalue weighted by Crippen LogP contribution is -2.42. The standard InChI is InChI=1S/C36H61N5O6/c1-3-5-7-9-10-17-23-31(22-16-8-6-4-2)34(44)46-27-19-12-11-18-25-38-33(43)32(37)24-26-39-35(40-29-42)41-36(45)47-28-30-20-14-13-15-21-30/h13-15,20-21,29,31-32H,3-12,16-19,22-28,37H2,1-2H3,(H,38,43)(H2,39,40,41,42,45). The molecule has 2 atom stereocenters. The Morgan fingerprint density at radius 3 is 2.11 bits per heavy atom. The molecule has 5 N–H and O–H groups in total. The Hall–Kier alpha value is -3.47. The van der Waals surface area contributed by atoms with E-state index in [9.17, 15) is 19.2 Å². The third kappa shape index (κ3) is 22.7. The molecule has 11 nitrogen and oxygen atoms in total. The predicted molar refractivity (Wildman–Crippen MR) is 187 cm³/mol. The van der Waals surface area contributed by atoms with Crippen LogP contribution < -0.4 is 21.7 Å². The number of hydrogen-bond donors (Lipinski definition) is 4. The van der Waals surface area contributed by atoms with Crippen LogP contribution in [0.15, 0.2) is 35.3 Å². The van der Waals surface area contributed by atoms with E-state index in [1.165, 1.54) is 51.4 Å². The van der Waals surface area contributed by atoms with Gasteiger partial charge in [-0.3, -0.25) is 30.0 Å². The molecule has 0 aromatic heterocycles. The number of ether oxygens (including phenoxy) is 2. The number of nitrogens with zero attached hydrogens (tertiary/aromatic N) is 1. The summed E-state index contributed by atoms with van der Waals surface area (Å²) in [5.41, 5.74) is 6.81. The van der Waals surface area contributed by atoms with Crippen LogP contribution in [0.1, 0.15) is 129 Å². The lowest BCUT2D eigenvalue weighted by Gasteiger charge is -2.16. The summed E-state index contributed by atoms with van der Waals surface area (Å²) in [6.07, 6.45) is 17.2. The Balaban J connectivity index is 2.22. The number of guanidine groups is 1. The monoisotopic (exact) mass is 659 g/mol. The van der Waals surface area contributed by atoms with Gasteiger partial charge in [-0.15, -0.1) is 0 Å². The average Bonchev–Trinajstić information content (AvgIpc) is 3.07.